The summed E-state index contributed by atoms with van der Waals surface area (Å²) in [4.78, 5) is 16.7. The number of ether oxygens (including phenoxy) is 2. The molecule has 5 aliphatic carbocycles. The van der Waals surface area contributed by atoms with E-state index < -0.39 is 12.0 Å². The first kappa shape index (κ1) is 18.9. The van der Waals surface area contributed by atoms with Gasteiger partial charge in [-0.05, 0) is 56.3 Å². The minimum atomic E-state index is -2.65. The fourth-order valence-electron chi connectivity index (χ4n) is 6.23. The van der Waals surface area contributed by atoms with E-state index in [1.807, 2.05) is 0 Å². The molecule has 0 aromatic rings. The summed E-state index contributed by atoms with van der Waals surface area (Å²) in [5, 5.41) is 6.05. The summed E-state index contributed by atoms with van der Waals surface area (Å²) in [6.45, 7) is 3.58. The zero-order valence-electron chi connectivity index (χ0n) is 16.4. The van der Waals surface area contributed by atoms with Gasteiger partial charge in [-0.15, -0.1) is 0 Å². The van der Waals surface area contributed by atoms with Crippen molar-refractivity contribution in [3.63, 3.8) is 0 Å². The summed E-state index contributed by atoms with van der Waals surface area (Å²) in [5.41, 5.74) is -0.0612. The summed E-state index contributed by atoms with van der Waals surface area (Å²) in [5.74, 6) is 0.193. The van der Waals surface area contributed by atoms with Gasteiger partial charge in [0.2, 0.25) is 5.90 Å². The molecular weight excluding hydrogens is 380 g/mol. The maximum Gasteiger partial charge on any atom is 0.258 e. The monoisotopic (exact) mass is 407 g/mol. The van der Waals surface area contributed by atoms with Gasteiger partial charge in [0.1, 0.15) is 11.9 Å². The molecule has 8 heteroatoms. The lowest BCUT2D eigenvalue weighted by atomic mass is 9.53. The van der Waals surface area contributed by atoms with Crippen LogP contribution in [0.3, 0.4) is 0 Å². The number of amides is 1. The largest absolute Gasteiger partial charge is 0.475 e. The smallest absolute Gasteiger partial charge is 0.258 e. The Hall–Kier alpha value is -2.12. The molecule has 0 saturated heterocycles. The second-order valence-corrected chi connectivity index (χ2v) is 9.57. The standard InChI is InChI=1S/C21H27F2N3O3/c1-12-24-18(5-19(25-12)29-16-9-21(22,23)10-16)28-11-17(27)26-20-6-13-2-14(7-20)4-15(3-13)8-20/h5,13-16,25H,1-4,6-11H2,(H,26,27). The maximum atomic E-state index is 13.0. The third-order valence-electron chi connectivity index (χ3n) is 6.91. The highest BCUT2D eigenvalue weighted by molar-refractivity contribution is 5.91. The van der Waals surface area contributed by atoms with Crippen LogP contribution in [0.2, 0.25) is 0 Å². The van der Waals surface area contributed by atoms with E-state index >= 15 is 0 Å². The van der Waals surface area contributed by atoms with Gasteiger partial charge in [0.15, 0.2) is 12.5 Å². The van der Waals surface area contributed by atoms with Crippen LogP contribution < -0.4 is 10.6 Å². The number of carbonyl (C=O) groups excluding carboxylic acids is 1. The van der Waals surface area contributed by atoms with Gasteiger partial charge in [0, 0.05) is 18.4 Å². The van der Waals surface area contributed by atoms with Gasteiger partial charge in [-0.25, -0.2) is 8.78 Å². The van der Waals surface area contributed by atoms with Crippen molar-refractivity contribution in [2.24, 2.45) is 22.7 Å². The number of halogens is 2. The molecule has 4 bridgehead atoms. The highest BCUT2D eigenvalue weighted by atomic mass is 19.3. The van der Waals surface area contributed by atoms with Crippen LogP contribution in [0.1, 0.15) is 51.4 Å². The van der Waals surface area contributed by atoms with E-state index in [0.717, 1.165) is 37.0 Å². The second kappa shape index (κ2) is 6.71. The van der Waals surface area contributed by atoms with Crippen LogP contribution in [0.5, 0.6) is 0 Å². The number of alkyl halides is 2. The van der Waals surface area contributed by atoms with Gasteiger partial charge in [-0.3, -0.25) is 4.79 Å². The summed E-state index contributed by atoms with van der Waals surface area (Å²) in [6.07, 6.45) is 7.51. The zero-order valence-corrected chi connectivity index (χ0v) is 16.4. The Morgan fingerprint density at radius 3 is 2.38 bits per heavy atom. The molecule has 0 aromatic heterocycles. The molecular formula is C21H27F2N3O3. The minimum Gasteiger partial charge on any atom is -0.475 e. The molecule has 6 nitrogen and oxygen atoms in total. The van der Waals surface area contributed by atoms with Gasteiger partial charge in [-0.2, -0.15) is 4.99 Å². The van der Waals surface area contributed by atoms with Crippen molar-refractivity contribution in [3.8, 4) is 0 Å². The number of hydrogen-bond donors (Lipinski definition) is 2. The van der Waals surface area contributed by atoms with Gasteiger partial charge < -0.3 is 20.1 Å². The van der Waals surface area contributed by atoms with Crippen LogP contribution >= 0.6 is 0 Å². The molecule has 0 radical (unpaired) electrons. The van der Waals surface area contributed by atoms with Crippen LogP contribution in [0.15, 0.2) is 29.4 Å². The number of hydrogen-bond acceptors (Lipinski definition) is 5. The first-order valence-corrected chi connectivity index (χ1v) is 10.5. The predicted octanol–water partition coefficient (Wildman–Crippen LogP) is 3.22. The van der Waals surface area contributed by atoms with Gasteiger partial charge in [-0.1, -0.05) is 6.58 Å². The lowest BCUT2D eigenvalue weighted by Crippen LogP contribution is -2.60. The van der Waals surface area contributed by atoms with Gasteiger partial charge in [0.25, 0.3) is 11.8 Å². The van der Waals surface area contributed by atoms with Crippen LogP contribution in [-0.2, 0) is 14.3 Å². The minimum absolute atomic E-state index is 0.0612. The van der Waals surface area contributed by atoms with Crippen LogP contribution in [0.4, 0.5) is 8.78 Å². The van der Waals surface area contributed by atoms with Gasteiger partial charge >= 0.3 is 0 Å². The first-order chi connectivity index (χ1) is 13.8. The molecule has 5 saturated carbocycles. The molecule has 6 rings (SSSR count). The lowest BCUT2D eigenvalue weighted by Gasteiger charge is -2.56. The number of rotatable bonds is 5. The third-order valence-corrected chi connectivity index (χ3v) is 6.91. The summed E-state index contributed by atoms with van der Waals surface area (Å²) in [6, 6.07) is 0. The molecule has 1 aliphatic heterocycles. The average molecular weight is 407 g/mol. The third kappa shape index (κ3) is 3.98. The van der Waals surface area contributed by atoms with E-state index in [4.69, 9.17) is 9.47 Å². The topological polar surface area (TPSA) is 72.0 Å². The molecule has 1 heterocycles. The number of nitrogens with zero attached hydrogens (tertiary/aromatic N) is 1. The molecule has 0 spiro atoms. The molecule has 0 atom stereocenters. The number of nitrogens with one attached hydrogen (secondary N) is 2. The highest BCUT2D eigenvalue weighted by Gasteiger charge is 2.51. The SMILES string of the molecule is C=C1N=C(OCC(=O)NC23CC4CC(CC(C4)C2)C3)C=C(OC2CC(F)(F)C2)N1. The molecule has 29 heavy (non-hydrogen) atoms. The first-order valence-electron chi connectivity index (χ1n) is 10.5. The van der Waals surface area contributed by atoms with Crippen LogP contribution in [0, 0.1) is 17.8 Å². The Kier molecular flexibility index (Phi) is 4.37. The quantitative estimate of drug-likeness (QED) is 0.734. The van der Waals surface area contributed by atoms with E-state index in [-0.39, 0.29) is 48.5 Å². The summed E-state index contributed by atoms with van der Waals surface area (Å²) in [7, 11) is 0. The van der Waals surface area contributed by atoms with E-state index in [1.165, 1.54) is 25.3 Å². The number of aliphatic imine (C=N–C) groups is 1. The fourth-order valence-corrected chi connectivity index (χ4v) is 6.23. The maximum absolute atomic E-state index is 13.0. The van der Waals surface area contributed by atoms with Gasteiger partial charge in [0.05, 0.1) is 6.08 Å². The highest BCUT2D eigenvalue weighted by Crippen LogP contribution is 2.55. The molecule has 2 N–H and O–H groups in total. The van der Waals surface area contributed by atoms with E-state index in [9.17, 15) is 13.6 Å². The fraction of sp³-hybridized carbons (Fsp3) is 0.714. The normalized spacial score (nSPS) is 37.2. The molecule has 5 fully saturated rings. The molecule has 0 aromatic carbocycles. The van der Waals surface area contributed by atoms with E-state index in [1.54, 1.807) is 0 Å². The molecule has 6 aliphatic rings. The predicted molar refractivity (Wildman–Crippen MR) is 102 cm³/mol. The van der Waals surface area contributed by atoms with Crippen molar-refractivity contribution in [1.82, 2.24) is 10.6 Å². The van der Waals surface area contributed by atoms with E-state index in [2.05, 4.69) is 22.2 Å². The van der Waals surface area contributed by atoms with E-state index in [0.29, 0.717) is 0 Å². The van der Waals surface area contributed by atoms with Crippen molar-refractivity contribution in [3.05, 3.63) is 24.4 Å². The second-order valence-electron chi connectivity index (χ2n) is 9.57. The molecule has 1 amide bonds. The molecule has 0 unspecified atom stereocenters. The van der Waals surface area contributed by atoms with Crippen molar-refractivity contribution < 1.29 is 23.0 Å². The summed E-state index contributed by atoms with van der Waals surface area (Å²) < 4.78 is 37.0. The van der Waals surface area contributed by atoms with Crippen molar-refractivity contribution in [2.45, 2.75) is 68.9 Å². The van der Waals surface area contributed by atoms with Crippen LogP contribution in [-0.4, -0.2) is 36.0 Å². The Labute approximate surface area is 168 Å². The van der Waals surface area contributed by atoms with Crippen molar-refractivity contribution in [2.75, 3.05) is 6.61 Å². The Balaban J connectivity index is 1.14. The molecule has 158 valence electrons. The lowest BCUT2D eigenvalue weighted by molar-refractivity contribution is -0.153. The average Bonchev–Trinajstić information content (AvgIpc) is 2.56. The van der Waals surface area contributed by atoms with Crippen molar-refractivity contribution >= 4 is 11.8 Å². The number of carbonyl (C=O) groups is 1. The zero-order chi connectivity index (χ0) is 20.2. The van der Waals surface area contributed by atoms with Crippen molar-refractivity contribution in [1.29, 1.82) is 0 Å². The Morgan fingerprint density at radius 2 is 1.79 bits per heavy atom. The Bertz CT molecular complexity index is 749. The summed E-state index contributed by atoms with van der Waals surface area (Å²) >= 11 is 0. The Morgan fingerprint density at radius 1 is 1.17 bits per heavy atom. The van der Waals surface area contributed by atoms with Crippen LogP contribution in [0.25, 0.3) is 0 Å².